The second kappa shape index (κ2) is 6.13. The zero-order valence-corrected chi connectivity index (χ0v) is 7.31. The van der Waals surface area contributed by atoms with Crippen molar-refractivity contribution >= 4 is 18.6 Å². The van der Waals surface area contributed by atoms with Gasteiger partial charge in [0.1, 0.15) is 6.04 Å². The number of guanidine groups is 1. The highest BCUT2D eigenvalue weighted by atomic mass is 16.4. The van der Waals surface area contributed by atoms with Crippen molar-refractivity contribution in [2.24, 2.45) is 21.5 Å². The van der Waals surface area contributed by atoms with Crippen LogP contribution in [0, 0.1) is 0 Å². The van der Waals surface area contributed by atoms with Gasteiger partial charge in [-0.2, -0.15) is 0 Å². The maximum absolute atomic E-state index is 10.3. The van der Waals surface area contributed by atoms with Crippen molar-refractivity contribution < 1.29 is 9.90 Å². The molecule has 0 radical (unpaired) electrons. The van der Waals surface area contributed by atoms with Crippen LogP contribution < -0.4 is 11.5 Å². The largest absolute Gasteiger partial charge is 0.480 e. The van der Waals surface area contributed by atoms with Crippen LogP contribution in [0.5, 0.6) is 0 Å². The molecule has 1 atom stereocenters. The van der Waals surface area contributed by atoms with Gasteiger partial charge in [-0.15, -0.1) is 0 Å². The zero-order valence-electron chi connectivity index (χ0n) is 7.31. The summed E-state index contributed by atoms with van der Waals surface area (Å²) in [5, 5.41) is 8.42. The predicted molar refractivity (Wildman–Crippen MR) is 50.9 cm³/mol. The lowest BCUT2D eigenvalue weighted by molar-refractivity contribution is -0.138. The average molecular weight is 186 g/mol. The molecule has 0 saturated carbocycles. The number of aliphatic imine (C=N–C) groups is 2. The minimum absolute atomic E-state index is 0.115. The monoisotopic (exact) mass is 186 g/mol. The predicted octanol–water partition coefficient (Wildman–Crippen LogP) is -0.806. The van der Waals surface area contributed by atoms with Gasteiger partial charge in [-0.1, -0.05) is 0 Å². The van der Waals surface area contributed by atoms with Gasteiger partial charge < -0.3 is 16.6 Å². The summed E-state index contributed by atoms with van der Waals surface area (Å²) in [5.74, 6) is -0.886. The summed E-state index contributed by atoms with van der Waals surface area (Å²) in [6.45, 7) is 3.60. The van der Waals surface area contributed by atoms with Crippen LogP contribution in [0.4, 0.5) is 0 Å². The van der Waals surface area contributed by atoms with Crippen LogP contribution >= 0.6 is 0 Å². The van der Waals surface area contributed by atoms with E-state index in [2.05, 4.69) is 16.7 Å². The van der Waals surface area contributed by atoms with Crippen LogP contribution in [0.1, 0.15) is 12.8 Å². The molecule has 5 N–H and O–H groups in total. The van der Waals surface area contributed by atoms with Crippen LogP contribution in [0.15, 0.2) is 9.98 Å². The van der Waals surface area contributed by atoms with Crippen LogP contribution in [0.25, 0.3) is 0 Å². The summed E-state index contributed by atoms with van der Waals surface area (Å²) in [5.41, 5.74) is 10.5. The average Bonchev–Trinajstić information content (AvgIpc) is 2.11. The van der Waals surface area contributed by atoms with Gasteiger partial charge in [-0.3, -0.25) is 9.79 Å². The standard InChI is InChI=1S/C7H14N4O2/c1-10-7(9)11-4-2-3-5(8)6(12)13/h5H,1-4,8H2,(H2,9,11)(H,12,13). The van der Waals surface area contributed by atoms with Crippen molar-refractivity contribution in [2.45, 2.75) is 18.9 Å². The second-order valence-corrected chi connectivity index (χ2v) is 2.48. The Morgan fingerprint density at radius 1 is 1.62 bits per heavy atom. The van der Waals surface area contributed by atoms with Gasteiger partial charge in [0.2, 0.25) is 5.96 Å². The first-order chi connectivity index (χ1) is 6.07. The molecular formula is C7H14N4O2. The third kappa shape index (κ3) is 5.80. The van der Waals surface area contributed by atoms with Crippen LogP contribution in [0.2, 0.25) is 0 Å². The number of nitrogens with zero attached hydrogens (tertiary/aromatic N) is 2. The number of nitrogens with two attached hydrogens (primary N) is 2. The highest BCUT2D eigenvalue weighted by Gasteiger charge is 2.09. The van der Waals surface area contributed by atoms with E-state index in [0.29, 0.717) is 19.4 Å². The van der Waals surface area contributed by atoms with Gasteiger partial charge in [-0.05, 0) is 19.6 Å². The van der Waals surface area contributed by atoms with E-state index in [1.165, 1.54) is 0 Å². The number of carboxylic acid groups (broad SMARTS) is 1. The molecule has 6 nitrogen and oxygen atoms in total. The normalized spacial score (nSPS) is 13.8. The molecule has 1 unspecified atom stereocenters. The van der Waals surface area contributed by atoms with Crippen molar-refractivity contribution in [1.82, 2.24) is 0 Å². The minimum atomic E-state index is -1.00. The minimum Gasteiger partial charge on any atom is -0.480 e. The topological polar surface area (TPSA) is 114 Å². The fourth-order valence-electron chi connectivity index (χ4n) is 0.678. The molecule has 0 spiro atoms. The quantitative estimate of drug-likeness (QED) is 0.296. The van der Waals surface area contributed by atoms with Crippen molar-refractivity contribution in [3.8, 4) is 0 Å². The molecule has 0 aromatic rings. The Morgan fingerprint density at radius 2 is 2.23 bits per heavy atom. The van der Waals surface area contributed by atoms with E-state index in [0.717, 1.165) is 0 Å². The van der Waals surface area contributed by atoms with Crippen molar-refractivity contribution in [3.05, 3.63) is 0 Å². The summed E-state index contributed by atoms with van der Waals surface area (Å²) in [6, 6.07) is -0.826. The number of hydrogen-bond donors (Lipinski definition) is 3. The fourth-order valence-corrected chi connectivity index (χ4v) is 0.678. The van der Waals surface area contributed by atoms with Gasteiger partial charge in [-0.25, -0.2) is 4.99 Å². The summed E-state index contributed by atoms with van der Waals surface area (Å²) in [7, 11) is 0. The van der Waals surface area contributed by atoms with Gasteiger partial charge in [0, 0.05) is 6.54 Å². The van der Waals surface area contributed by atoms with Gasteiger partial charge in [0.25, 0.3) is 0 Å². The molecule has 0 saturated heterocycles. The van der Waals surface area contributed by atoms with E-state index in [1.807, 2.05) is 0 Å². The Morgan fingerprint density at radius 3 is 2.69 bits per heavy atom. The molecule has 74 valence electrons. The van der Waals surface area contributed by atoms with Crippen molar-refractivity contribution in [2.75, 3.05) is 6.54 Å². The molecule has 6 heteroatoms. The molecule has 0 aromatic carbocycles. The van der Waals surface area contributed by atoms with E-state index in [-0.39, 0.29) is 5.96 Å². The Hall–Kier alpha value is -1.43. The van der Waals surface area contributed by atoms with E-state index in [4.69, 9.17) is 16.6 Å². The third-order valence-corrected chi connectivity index (χ3v) is 1.43. The second-order valence-electron chi connectivity index (χ2n) is 2.48. The molecule has 0 fully saturated rings. The van der Waals surface area contributed by atoms with E-state index in [1.54, 1.807) is 0 Å². The van der Waals surface area contributed by atoms with Crippen LogP contribution in [0.3, 0.4) is 0 Å². The zero-order chi connectivity index (χ0) is 10.3. The Balaban J connectivity index is 3.57. The first kappa shape index (κ1) is 11.6. The lowest BCUT2D eigenvalue weighted by Crippen LogP contribution is -2.30. The van der Waals surface area contributed by atoms with Crippen LogP contribution in [-0.2, 0) is 4.79 Å². The number of aliphatic carboxylic acids is 1. The first-order valence-corrected chi connectivity index (χ1v) is 3.83. The number of rotatable bonds is 5. The van der Waals surface area contributed by atoms with E-state index in [9.17, 15) is 4.79 Å². The van der Waals surface area contributed by atoms with Gasteiger partial charge in [0.15, 0.2) is 0 Å². The summed E-state index contributed by atoms with van der Waals surface area (Å²) < 4.78 is 0. The molecule has 0 aromatic heterocycles. The summed E-state index contributed by atoms with van der Waals surface area (Å²) in [6.07, 6.45) is 0.951. The Kier molecular flexibility index (Phi) is 5.45. The first-order valence-electron chi connectivity index (χ1n) is 3.83. The lowest BCUT2D eigenvalue weighted by Gasteiger charge is -2.03. The van der Waals surface area contributed by atoms with E-state index >= 15 is 0 Å². The molecular weight excluding hydrogens is 172 g/mol. The highest BCUT2D eigenvalue weighted by Crippen LogP contribution is 1.94. The SMILES string of the molecule is C=NC(N)=NCCCC(N)C(=O)O. The van der Waals surface area contributed by atoms with Gasteiger partial charge >= 0.3 is 5.97 Å². The maximum Gasteiger partial charge on any atom is 0.320 e. The fraction of sp³-hybridized carbons (Fsp3) is 0.571. The number of carboxylic acids is 1. The van der Waals surface area contributed by atoms with Crippen molar-refractivity contribution in [1.29, 1.82) is 0 Å². The molecule has 13 heavy (non-hydrogen) atoms. The third-order valence-electron chi connectivity index (χ3n) is 1.43. The lowest BCUT2D eigenvalue weighted by atomic mass is 10.2. The molecule has 0 aliphatic rings. The Labute approximate surface area is 76.4 Å². The highest BCUT2D eigenvalue weighted by molar-refractivity contribution is 5.82. The summed E-state index contributed by atoms with van der Waals surface area (Å²) >= 11 is 0. The number of carbonyl (C=O) groups is 1. The molecule has 0 rings (SSSR count). The van der Waals surface area contributed by atoms with Crippen molar-refractivity contribution in [3.63, 3.8) is 0 Å². The maximum atomic E-state index is 10.3. The molecule has 0 aliphatic heterocycles. The number of hydrogen-bond acceptors (Lipinski definition) is 3. The Bertz CT molecular complexity index is 215. The van der Waals surface area contributed by atoms with E-state index < -0.39 is 12.0 Å². The molecule has 0 amide bonds. The van der Waals surface area contributed by atoms with Gasteiger partial charge in [0.05, 0.1) is 0 Å². The molecule has 0 aliphatic carbocycles. The summed E-state index contributed by atoms with van der Waals surface area (Å²) in [4.78, 5) is 17.4. The van der Waals surface area contributed by atoms with Crippen LogP contribution in [-0.4, -0.2) is 36.3 Å². The molecule has 0 heterocycles. The molecule has 0 bridgehead atoms. The smallest absolute Gasteiger partial charge is 0.320 e.